The Morgan fingerprint density at radius 3 is 0.686 bits per heavy atom. The van der Waals surface area contributed by atoms with Crippen molar-refractivity contribution in [3.63, 3.8) is 0 Å². The van der Waals surface area contributed by atoms with Gasteiger partial charge in [0.2, 0.25) is 0 Å². The summed E-state index contributed by atoms with van der Waals surface area (Å²) < 4.78 is 0. The lowest BCUT2D eigenvalue weighted by Crippen LogP contribution is -1.80. The Morgan fingerprint density at radius 2 is 0.451 bits per heavy atom. The van der Waals surface area contributed by atoms with Gasteiger partial charge in [-0.1, -0.05) is 294 Å². The van der Waals surface area contributed by atoms with Gasteiger partial charge in [-0.3, -0.25) is 0 Å². The van der Waals surface area contributed by atoms with Crippen LogP contribution in [0.3, 0.4) is 0 Å². The van der Waals surface area contributed by atoms with Crippen molar-refractivity contribution in [1.82, 2.24) is 0 Å². The number of unbranched alkanes of at least 4 members (excludes halogenated alkanes) is 31. The fourth-order valence-electron chi connectivity index (χ4n) is 5.48. The van der Waals surface area contributed by atoms with E-state index in [-0.39, 0.29) is 0 Å². The van der Waals surface area contributed by atoms with Crippen molar-refractivity contribution in [2.75, 3.05) is 5.75 Å². The Hall–Kier alpha value is 0.0900. The van der Waals surface area contributed by atoms with Crippen molar-refractivity contribution >= 4 is 11.8 Å². The van der Waals surface area contributed by atoms with Gasteiger partial charge in [-0.25, -0.2) is 0 Å². The van der Waals surface area contributed by atoms with Crippen molar-refractivity contribution in [2.45, 2.75) is 307 Å². The average molecular weight is 741 g/mol. The quantitative estimate of drug-likeness (QED) is 0.0583. The van der Waals surface area contributed by atoms with E-state index < -0.39 is 0 Å². The highest BCUT2D eigenvalue weighted by Crippen LogP contribution is 2.13. The van der Waals surface area contributed by atoms with E-state index in [1.54, 1.807) is 0 Å². The van der Waals surface area contributed by atoms with E-state index in [0.29, 0.717) is 0 Å². The van der Waals surface area contributed by atoms with Gasteiger partial charge in [0.15, 0.2) is 0 Å². The summed E-state index contributed by atoms with van der Waals surface area (Å²) in [5.41, 5.74) is 0. The minimum absolute atomic E-state index is 1.29. The summed E-state index contributed by atoms with van der Waals surface area (Å²) in [6.45, 7) is 22.5. The number of rotatable bonds is 35. The third kappa shape index (κ3) is 88.9. The zero-order chi connectivity index (χ0) is 39.0. The Bertz CT molecular complexity index is 448. The van der Waals surface area contributed by atoms with E-state index >= 15 is 0 Å². The maximum Gasteiger partial charge on any atom is -0.00261 e. The zero-order valence-corrected chi connectivity index (χ0v) is 39.2. The van der Waals surface area contributed by atoms with E-state index in [1.165, 1.54) is 243 Å². The number of hydrogen-bond acceptors (Lipinski definition) is 1. The molecule has 0 radical (unpaired) electrons. The van der Waals surface area contributed by atoms with Crippen LogP contribution in [-0.2, 0) is 0 Å². The molecule has 1 heteroatoms. The molecule has 0 saturated carbocycles. The highest BCUT2D eigenvalue weighted by molar-refractivity contribution is 8.02. The van der Waals surface area contributed by atoms with Crippen molar-refractivity contribution in [3.8, 4) is 0 Å². The zero-order valence-electron chi connectivity index (χ0n) is 38.4. The van der Waals surface area contributed by atoms with Crippen LogP contribution in [-0.4, -0.2) is 5.75 Å². The van der Waals surface area contributed by atoms with Crippen LogP contribution in [0.4, 0.5) is 0 Å². The van der Waals surface area contributed by atoms with Crippen LogP contribution >= 0.6 is 11.8 Å². The second kappa shape index (κ2) is 71.5. The third-order valence-corrected chi connectivity index (χ3v) is 10.3. The molecule has 0 saturated heterocycles. The lowest BCUT2D eigenvalue weighted by atomic mass is 10.1. The molecule has 0 aromatic heterocycles. The fraction of sp³-hybridized carbons (Fsp3) is 0.960. The lowest BCUT2D eigenvalue weighted by molar-refractivity contribution is 0.578. The van der Waals surface area contributed by atoms with Crippen molar-refractivity contribution in [1.29, 1.82) is 0 Å². The molecule has 0 N–H and O–H groups in total. The summed E-state index contributed by atoms with van der Waals surface area (Å²) in [5, 5.41) is 2.33. The van der Waals surface area contributed by atoms with Crippen LogP contribution in [0.5, 0.6) is 0 Å². The van der Waals surface area contributed by atoms with E-state index in [1.807, 2.05) is 11.8 Å². The Balaban J connectivity index is -0.000000188. The fourth-order valence-corrected chi connectivity index (χ4v) is 6.26. The van der Waals surface area contributed by atoms with Gasteiger partial charge in [0.1, 0.15) is 0 Å². The standard InChI is InChI=1S/C18H36S.C10H22.2C9H20.C4H10/c1-3-5-7-9-10-11-12-13-14-16-18-19-17-15-8-6-4-2;1-3-5-7-9-10-8-6-4-2;2*1-3-5-7-9-8-6-4-2;1-3-4-2/h16,18H,3-15,17H2,1-2H3;3-10H2,1-2H3;2*3-9H2,1-2H3;3-4H2,1-2H3/b18-16+;;;;. The van der Waals surface area contributed by atoms with Gasteiger partial charge < -0.3 is 0 Å². The minimum atomic E-state index is 1.29. The van der Waals surface area contributed by atoms with Gasteiger partial charge in [-0.05, 0) is 30.4 Å². The molecule has 0 bridgehead atoms. The first-order chi connectivity index (χ1) is 25.1. The molecular formula is C50H108S. The molecule has 0 aliphatic rings. The van der Waals surface area contributed by atoms with E-state index in [4.69, 9.17) is 0 Å². The van der Waals surface area contributed by atoms with Crippen LogP contribution in [0.25, 0.3) is 0 Å². The SMILES string of the molecule is CCCC.CCCCCCCCC.CCCCCCCCC.CCCCCCCCCC.CCCCCCCCCC/C=C/SCCCCCC. The van der Waals surface area contributed by atoms with Gasteiger partial charge in [-0.15, -0.1) is 11.8 Å². The molecule has 0 rings (SSSR count). The largest absolute Gasteiger partial charge is 0.134 e. The van der Waals surface area contributed by atoms with Gasteiger partial charge in [0.05, 0.1) is 0 Å². The second-order valence-electron chi connectivity index (χ2n) is 15.2. The molecule has 0 aliphatic carbocycles. The summed E-state index contributed by atoms with van der Waals surface area (Å²) in [7, 11) is 0. The predicted molar refractivity (Wildman–Crippen MR) is 249 cm³/mol. The van der Waals surface area contributed by atoms with Crippen molar-refractivity contribution < 1.29 is 0 Å². The predicted octanol–water partition coefficient (Wildman–Crippen LogP) is 20.8. The van der Waals surface area contributed by atoms with E-state index in [2.05, 4.69) is 80.7 Å². The van der Waals surface area contributed by atoms with Crippen molar-refractivity contribution in [2.24, 2.45) is 0 Å². The lowest BCUT2D eigenvalue weighted by Gasteiger charge is -2.00. The summed E-state index contributed by atoms with van der Waals surface area (Å²) in [6, 6.07) is 0. The molecule has 0 fully saturated rings. The first kappa shape index (κ1) is 60.3. The number of thioether (sulfide) groups is 1. The van der Waals surface area contributed by atoms with Crippen molar-refractivity contribution in [3.05, 3.63) is 11.5 Å². The topological polar surface area (TPSA) is 0 Å². The summed E-state index contributed by atoms with van der Waals surface area (Å²) >= 11 is 2.00. The molecule has 0 amide bonds. The molecule has 0 nitrogen and oxygen atoms in total. The Labute approximate surface area is 334 Å². The third-order valence-electron chi connectivity index (χ3n) is 9.40. The highest BCUT2D eigenvalue weighted by atomic mass is 32.2. The molecule has 0 aliphatic heterocycles. The minimum Gasteiger partial charge on any atom is -0.134 e. The number of hydrogen-bond donors (Lipinski definition) is 0. The summed E-state index contributed by atoms with van der Waals surface area (Å²) in [4.78, 5) is 0. The Kier molecular flexibility index (Phi) is 84.6. The van der Waals surface area contributed by atoms with Gasteiger partial charge in [0, 0.05) is 0 Å². The van der Waals surface area contributed by atoms with Gasteiger partial charge >= 0.3 is 0 Å². The van der Waals surface area contributed by atoms with Gasteiger partial charge in [-0.2, -0.15) is 0 Å². The van der Waals surface area contributed by atoms with Crippen LogP contribution in [0.1, 0.15) is 307 Å². The summed E-state index contributed by atoms with van der Waals surface area (Å²) in [5.74, 6) is 1.31. The molecule has 0 aromatic carbocycles. The van der Waals surface area contributed by atoms with Crippen LogP contribution in [0, 0.1) is 0 Å². The first-order valence-corrected chi connectivity index (χ1v) is 25.4. The smallest absolute Gasteiger partial charge is 0.00261 e. The van der Waals surface area contributed by atoms with Crippen LogP contribution < -0.4 is 0 Å². The molecule has 0 spiro atoms. The molecule has 0 aromatic rings. The van der Waals surface area contributed by atoms with Crippen LogP contribution in [0.15, 0.2) is 11.5 Å². The molecule has 0 atom stereocenters. The molecule has 0 heterocycles. The maximum atomic E-state index is 2.38. The Morgan fingerprint density at radius 1 is 0.235 bits per heavy atom. The molecular weight excluding hydrogens is 633 g/mol. The van der Waals surface area contributed by atoms with Gasteiger partial charge in [0.25, 0.3) is 0 Å². The maximum absolute atomic E-state index is 2.38. The number of allylic oxidation sites excluding steroid dienone is 1. The van der Waals surface area contributed by atoms with Crippen LogP contribution in [0.2, 0.25) is 0 Å². The average Bonchev–Trinajstić information content (AvgIpc) is 3.15. The van der Waals surface area contributed by atoms with E-state index in [0.717, 1.165) is 0 Å². The van der Waals surface area contributed by atoms with E-state index in [9.17, 15) is 0 Å². The monoisotopic (exact) mass is 741 g/mol. The second-order valence-corrected chi connectivity index (χ2v) is 16.2. The molecule has 0 unspecified atom stereocenters. The first-order valence-electron chi connectivity index (χ1n) is 24.3. The highest BCUT2D eigenvalue weighted by Gasteiger charge is 1.91. The molecule has 51 heavy (non-hydrogen) atoms. The normalized spacial score (nSPS) is 10.4. The summed E-state index contributed by atoms with van der Waals surface area (Å²) in [6.07, 6.45) is 54.7. The molecule has 314 valence electrons.